The van der Waals surface area contributed by atoms with Crippen molar-refractivity contribution in [3.63, 3.8) is 0 Å². The zero-order valence-corrected chi connectivity index (χ0v) is 9.11. The smallest absolute Gasteiger partial charge is 0.0107 e. The first-order valence-electron chi connectivity index (χ1n) is 5.46. The van der Waals surface area contributed by atoms with Gasteiger partial charge in [0, 0.05) is 13.1 Å². The molecule has 2 aliphatic rings. The van der Waals surface area contributed by atoms with Gasteiger partial charge in [-0.05, 0) is 49.9 Å². The summed E-state index contributed by atoms with van der Waals surface area (Å²) in [7, 11) is 0. The molecule has 0 saturated carbocycles. The van der Waals surface area contributed by atoms with Gasteiger partial charge in [0.2, 0.25) is 0 Å². The zero-order valence-electron chi connectivity index (χ0n) is 8.30. The van der Waals surface area contributed by atoms with E-state index in [-0.39, 0.29) is 0 Å². The van der Waals surface area contributed by atoms with Crippen LogP contribution in [-0.2, 0) is 0 Å². The van der Waals surface area contributed by atoms with Gasteiger partial charge in [-0.3, -0.25) is 0 Å². The largest absolute Gasteiger partial charge is 0.315 e. The van der Waals surface area contributed by atoms with E-state index in [9.17, 15) is 0 Å². The molecule has 0 aromatic carbocycles. The van der Waals surface area contributed by atoms with Crippen LogP contribution >= 0.6 is 11.8 Å². The summed E-state index contributed by atoms with van der Waals surface area (Å²) in [6.45, 7) is 6.33. The molecule has 0 amide bonds. The van der Waals surface area contributed by atoms with Crippen molar-refractivity contribution in [1.82, 2.24) is 10.2 Å². The maximum Gasteiger partial charge on any atom is 0.0107 e. The Morgan fingerprint density at radius 1 is 1.23 bits per heavy atom. The summed E-state index contributed by atoms with van der Waals surface area (Å²) in [6.07, 6.45) is 2.77. The summed E-state index contributed by atoms with van der Waals surface area (Å²) in [5, 5.41) is 3.45. The van der Waals surface area contributed by atoms with E-state index in [1.165, 1.54) is 57.1 Å². The van der Waals surface area contributed by atoms with Gasteiger partial charge in [0.15, 0.2) is 0 Å². The predicted molar refractivity (Wildman–Crippen MR) is 59.4 cm³/mol. The van der Waals surface area contributed by atoms with Crippen LogP contribution in [0.3, 0.4) is 0 Å². The number of nitrogens with zero attached hydrogens (tertiary/aromatic N) is 1. The summed E-state index contributed by atoms with van der Waals surface area (Å²) in [5.74, 6) is 3.89. The number of thioether (sulfide) groups is 1. The predicted octanol–water partition coefficient (Wildman–Crippen LogP) is 1.03. The first kappa shape index (κ1) is 9.81. The molecule has 0 aromatic heterocycles. The highest BCUT2D eigenvalue weighted by molar-refractivity contribution is 8.00. The van der Waals surface area contributed by atoms with Crippen molar-refractivity contribution >= 4 is 11.8 Å². The number of rotatable bonds is 3. The molecular formula is C10H20N2S. The summed E-state index contributed by atoms with van der Waals surface area (Å²) < 4.78 is 0. The van der Waals surface area contributed by atoms with Crippen LogP contribution in [0.1, 0.15) is 12.8 Å². The lowest BCUT2D eigenvalue weighted by Crippen LogP contribution is -2.32. The van der Waals surface area contributed by atoms with Crippen LogP contribution < -0.4 is 5.32 Å². The molecule has 2 fully saturated rings. The van der Waals surface area contributed by atoms with Gasteiger partial charge in [-0.15, -0.1) is 0 Å². The Balaban J connectivity index is 1.61. The third-order valence-electron chi connectivity index (χ3n) is 2.99. The van der Waals surface area contributed by atoms with E-state index >= 15 is 0 Å². The van der Waals surface area contributed by atoms with E-state index in [0.29, 0.717) is 0 Å². The second-order valence-electron chi connectivity index (χ2n) is 4.14. The molecule has 0 aliphatic carbocycles. The molecule has 0 spiro atoms. The van der Waals surface area contributed by atoms with Crippen LogP contribution in [0, 0.1) is 5.92 Å². The Kier molecular flexibility index (Phi) is 3.94. The van der Waals surface area contributed by atoms with Gasteiger partial charge in [-0.2, -0.15) is 11.8 Å². The Hall–Kier alpha value is 0.270. The van der Waals surface area contributed by atoms with E-state index < -0.39 is 0 Å². The summed E-state index contributed by atoms with van der Waals surface area (Å²) >= 11 is 2.10. The molecule has 76 valence electrons. The van der Waals surface area contributed by atoms with Gasteiger partial charge in [-0.25, -0.2) is 0 Å². The molecule has 3 heteroatoms. The standard InChI is InChI=1S/C10H20N2S/c1-3-11-4-7-12(5-1)6-2-10-8-13-9-10/h10-11H,1-9H2. The maximum absolute atomic E-state index is 3.45. The van der Waals surface area contributed by atoms with Crippen molar-refractivity contribution < 1.29 is 0 Å². The van der Waals surface area contributed by atoms with Crippen LogP contribution in [0.2, 0.25) is 0 Å². The SMILES string of the molecule is C1CNCCN(CCC2CSC2)C1. The minimum Gasteiger partial charge on any atom is -0.315 e. The van der Waals surface area contributed by atoms with Gasteiger partial charge < -0.3 is 10.2 Å². The van der Waals surface area contributed by atoms with Crippen LogP contribution in [0.15, 0.2) is 0 Å². The Labute approximate surface area is 85.4 Å². The van der Waals surface area contributed by atoms with Crippen molar-refractivity contribution in [1.29, 1.82) is 0 Å². The van der Waals surface area contributed by atoms with Crippen molar-refractivity contribution in [3.05, 3.63) is 0 Å². The van der Waals surface area contributed by atoms with Crippen molar-refractivity contribution in [2.75, 3.05) is 44.2 Å². The second-order valence-corrected chi connectivity index (χ2v) is 5.21. The highest BCUT2D eigenvalue weighted by Gasteiger charge is 2.19. The lowest BCUT2D eigenvalue weighted by atomic mass is 10.1. The van der Waals surface area contributed by atoms with Crippen LogP contribution in [-0.4, -0.2) is 49.1 Å². The molecule has 2 heterocycles. The summed E-state index contributed by atoms with van der Waals surface area (Å²) in [4.78, 5) is 2.63. The highest BCUT2D eigenvalue weighted by Crippen LogP contribution is 2.27. The first-order valence-corrected chi connectivity index (χ1v) is 6.61. The van der Waals surface area contributed by atoms with Crippen molar-refractivity contribution in [3.8, 4) is 0 Å². The fourth-order valence-corrected chi connectivity index (χ4v) is 2.84. The summed E-state index contributed by atoms with van der Waals surface area (Å²) in [5.41, 5.74) is 0. The Morgan fingerprint density at radius 3 is 2.92 bits per heavy atom. The molecule has 2 nitrogen and oxygen atoms in total. The molecule has 2 aliphatic heterocycles. The Bertz CT molecular complexity index is 140. The molecule has 0 radical (unpaired) electrons. The average Bonchev–Trinajstić information content (AvgIpc) is 2.30. The monoisotopic (exact) mass is 200 g/mol. The molecule has 13 heavy (non-hydrogen) atoms. The van der Waals surface area contributed by atoms with Gasteiger partial charge in [0.05, 0.1) is 0 Å². The molecule has 0 unspecified atom stereocenters. The molecule has 2 saturated heterocycles. The van der Waals surface area contributed by atoms with E-state index in [4.69, 9.17) is 0 Å². The second kappa shape index (κ2) is 5.23. The molecular weight excluding hydrogens is 180 g/mol. The van der Waals surface area contributed by atoms with Crippen molar-refractivity contribution in [2.45, 2.75) is 12.8 Å². The van der Waals surface area contributed by atoms with E-state index in [0.717, 1.165) is 5.92 Å². The summed E-state index contributed by atoms with van der Waals surface area (Å²) in [6, 6.07) is 0. The molecule has 0 aromatic rings. The molecule has 2 rings (SSSR count). The lowest BCUT2D eigenvalue weighted by Gasteiger charge is -2.28. The third-order valence-corrected chi connectivity index (χ3v) is 4.41. The number of hydrogen-bond acceptors (Lipinski definition) is 3. The topological polar surface area (TPSA) is 15.3 Å². The van der Waals surface area contributed by atoms with E-state index in [2.05, 4.69) is 22.0 Å². The molecule has 0 atom stereocenters. The average molecular weight is 200 g/mol. The van der Waals surface area contributed by atoms with E-state index in [1.807, 2.05) is 0 Å². The zero-order chi connectivity index (χ0) is 8.93. The number of hydrogen-bond donors (Lipinski definition) is 1. The maximum atomic E-state index is 3.45. The van der Waals surface area contributed by atoms with Crippen molar-refractivity contribution in [2.24, 2.45) is 5.92 Å². The van der Waals surface area contributed by atoms with E-state index in [1.54, 1.807) is 0 Å². The van der Waals surface area contributed by atoms with Crippen LogP contribution in [0.5, 0.6) is 0 Å². The van der Waals surface area contributed by atoms with Gasteiger partial charge in [0.1, 0.15) is 0 Å². The normalized spacial score (nSPS) is 26.8. The minimum absolute atomic E-state index is 1.04. The lowest BCUT2D eigenvalue weighted by molar-refractivity contribution is 0.273. The molecule has 1 N–H and O–H groups in total. The van der Waals surface area contributed by atoms with Gasteiger partial charge in [0.25, 0.3) is 0 Å². The van der Waals surface area contributed by atoms with Gasteiger partial charge >= 0.3 is 0 Å². The highest BCUT2D eigenvalue weighted by atomic mass is 32.2. The number of nitrogens with one attached hydrogen (secondary N) is 1. The quantitative estimate of drug-likeness (QED) is 0.733. The fraction of sp³-hybridized carbons (Fsp3) is 1.00. The third kappa shape index (κ3) is 3.15. The fourth-order valence-electron chi connectivity index (χ4n) is 1.94. The Morgan fingerprint density at radius 2 is 2.15 bits per heavy atom. The van der Waals surface area contributed by atoms with Crippen LogP contribution in [0.4, 0.5) is 0 Å². The minimum atomic E-state index is 1.04. The molecule has 0 bridgehead atoms. The van der Waals surface area contributed by atoms with Crippen LogP contribution in [0.25, 0.3) is 0 Å². The first-order chi connectivity index (χ1) is 6.45. The van der Waals surface area contributed by atoms with Gasteiger partial charge in [-0.1, -0.05) is 0 Å².